The minimum absolute atomic E-state index is 0.0455. The first kappa shape index (κ1) is 20.7. The van der Waals surface area contributed by atoms with Crippen LogP contribution in [0.2, 0.25) is 0 Å². The summed E-state index contributed by atoms with van der Waals surface area (Å²) in [5.74, 6) is 1.58. The molecule has 30 heavy (non-hydrogen) atoms. The topological polar surface area (TPSA) is 67.9 Å². The second kappa shape index (κ2) is 9.08. The van der Waals surface area contributed by atoms with Gasteiger partial charge in [0.15, 0.2) is 0 Å². The summed E-state index contributed by atoms with van der Waals surface area (Å²) >= 11 is 1.61. The van der Waals surface area contributed by atoms with Crippen molar-refractivity contribution in [1.82, 2.24) is 10.2 Å². The van der Waals surface area contributed by atoms with Crippen LogP contribution < -0.4 is 14.8 Å². The number of nitrogens with zero attached hydrogens (tertiary/aromatic N) is 1. The lowest BCUT2D eigenvalue weighted by Gasteiger charge is -2.21. The second-order valence-electron chi connectivity index (χ2n) is 7.89. The molecule has 1 aliphatic heterocycles. The van der Waals surface area contributed by atoms with Crippen molar-refractivity contribution in [3.05, 3.63) is 45.1 Å². The number of likely N-dealkylation sites (tertiary alicyclic amines) is 1. The van der Waals surface area contributed by atoms with Crippen molar-refractivity contribution in [2.45, 2.75) is 38.6 Å². The Labute approximate surface area is 181 Å². The Balaban J connectivity index is 1.39. The predicted octanol–water partition coefficient (Wildman–Crippen LogP) is 3.42. The third-order valence-corrected chi connectivity index (χ3v) is 7.22. The van der Waals surface area contributed by atoms with Crippen molar-refractivity contribution in [2.24, 2.45) is 5.92 Å². The first-order valence-electron chi connectivity index (χ1n) is 10.5. The number of aryl methyl sites for hydroxylation is 1. The molecule has 6 nitrogen and oxygen atoms in total. The monoisotopic (exact) mass is 428 g/mol. The maximum absolute atomic E-state index is 12.8. The zero-order chi connectivity index (χ0) is 21.1. The van der Waals surface area contributed by atoms with Gasteiger partial charge in [-0.05, 0) is 61.9 Å². The summed E-state index contributed by atoms with van der Waals surface area (Å²) in [6, 6.07) is 7.58. The van der Waals surface area contributed by atoms with Gasteiger partial charge in [0.05, 0.1) is 19.1 Å². The lowest BCUT2D eigenvalue weighted by molar-refractivity contribution is -0.125. The molecule has 0 spiro atoms. The normalized spacial score (nSPS) is 18.1. The molecule has 7 heteroatoms. The molecule has 2 amide bonds. The number of nitrogens with one attached hydrogen (secondary N) is 1. The molecule has 2 heterocycles. The Kier molecular flexibility index (Phi) is 6.27. The minimum Gasteiger partial charge on any atom is -0.497 e. The molecule has 2 aromatic rings. The number of carbonyl (C=O) groups excluding carboxylic acids is 2. The zero-order valence-corrected chi connectivity index (χ0v) is 18.3. The summed E-state index contributed by atoms with van der Waals surface area (Å²) in [6.07, 6.45) is 4.55. The summed E-state index contributed by atoms with van der Waals surface area (Å²) in [6.45, 7) is 2.12. The van der Waals surface area contributed by atoms with Crippen molar-refractivity contribution < 1.29 is 19.1 Å². The standard InChI is InChI=1S/C23H28N2O4S/c1-28-18-6-7-19(29-2)17(12-18)14-24-22(26)15-5-8-20-16(11-15)13-21(30-20)23(27)25-9-3-4-10-25/h6-7,12-13,15H,3-5,8-11,14H2,1-2H3,(H,24,26). The highest BCUT2D eigenvalue weighted by atomic mass is 32.1. The fourth-order valence-electron chi connectivity index (χ4n) is 4.28. The van der Waals surface area contributed by atoms with Crippen molar-refractivity contribution in [1.29, 1.82) is 0 Å². The third kappa shape index (κ3) is 4.31. The van der Waals surface area contributed by atoms with Crippen molar-refractivity contribution >= 4 is 23.2 Å². The van der Waals surface area contributed by atoms with Gasteiger partial charge in [0.1, 0.15) is 11.5 Å². The van der Waals surface area contributed by atoms with Crippen molar-refractivity contribution in [3.63, 3.8) is 0 Å². The molecule has 1 unspecified atom stereocenters. The first-order valence-corrected chi connectivity index (χ1v) is 11.3. The fourth-order valence-corrected chi connectivity index (χ4v) is 5.45. The highest BCUT2D eigenvalue weighted by Gasteiger charge is 2.29. The van der Waals surface area contributed by atoms with Gasteiger partial charge in [0.2, 0.25) is 5.91 Å². The van der Waals surface area contributed by atoms with Crippen LogP contribution in [0.1, 0.15) is 44.9 Å². The Morgan fingerprint density at radius 2 is 1.97 bits per heavy atom. The molecule has 0 bridgehead atoms. The molecule has 1 saturated heterocycles. The molecule has 1 atom stereocenters. The summed E-state index contributed by atoms with van der Waals surface area (Å²) < 4.78 is 10.7. The number of benzene rings is 1. The van der Waals surface area contributed by atoms with E-state index in [0.717, 1.165) is 66.3 Å². The van der Waals surface area contributed by atoms with E-state index in [1.54, 1.807) is 25.6 Å². The molecule has 1 fully saturated rings. The van der Waals surface area contributed by atoms with Crippen LogP contribution in [-0.4, -0.2) is 44.0 Å². The molecule has 1 aromatic heterocycles. The van der Waals surface area contributed by atoms with Gasteiger partial charge >= 0.3 is 0 Å². The quantitative estimate of drug-likeness (QED) is 0.766. The molecule has 0 radical (unpaired) electrons. The van der Waals surface area contributed by atoms with E-state index >= 15 is 0 Å². The number of fused-ring (bicyclic) bond motifs is 1. The summed E-state index contributed by atoms with van der Waals surface area (Å²) in [7, 11) is 3.24. The third-order valence-electron chi connectivity index (χ3n) is 6.00. The molecule has 1 aromatic carbocycles. The van der Waals surface area contributed by atoms with Gasteiger partial charge in [-0.3, -0.25) is 9.59 Å². The average Bonchev–Trinajstić information content (AvgIpc) is 3.46. The highest BCUT2D eigenvalue weighted by molar-refractivity contribution is 7.14. The average molecular weight is 429 g/mol. The van der Waals surface area contributed by atoms with E-state index < -0.39 is 0 Å². The Morgan fingerprint density at radius 1 is 1.17 bits per heavy atom. The van der Waals surface area contributed by atoms with Crippen LogP contribution in [0.4, 0.5) is 0 Å². The maximum atomic E-state index is 12.8. The van der Waals surface area contributed by atoms with Gasteiger partial charge in [0, 0.05) is 36.0 Å². The Hall–Kier alpha value is -2.54. The number of thiophene rings is 1. The largest absolute Gasteiger partial charge is 0.497 e. The molecular formula is C23H28N2O4S. The number of hydrogen-bond donors (Lipinski definition) is 1. The van der Waals surface area contributed by atoms with E-state index in [1.807, 2.05) is 29.2 Å². The van der Waals surface area contributed by atoms with Crippen molar-refractivity contribution in [2.75, 3.05) is 27.3 Å². The lowest BCUT2D eigenvalue weighted by Crippen LogP contribution is -2.33. The summed E-state index contributed by atoms with van der Waals surface area (Å²) in [5, 5.41) is 3.05. The molecule has 4 rings (SSSR count). The van der Waals surface area contributed by atoms with Crippen LogP contribution in [0, 0.1) is 5.92 Å². The Morgan fingerprint density at radius 3 is 2.70 bits per heavy atom. The summed E-state index contributed by atoms with van der Waals surface area (Å²) in [4.78, 5) is 29.5. The molecule has 2 aliphatic rings. The predicted molar refractivity (Wildman–Crippen MR) is 116 cm³/mol. The number of hydrogen-bond acceptors (Lipinski definition) is 5. The van der Waals surface area contributed by atoms with Crippen LogP contribution in [0.5, 0.6) is 11.5 Å². The van der Waals surface area contributed by atoms with Crippen LogP contribution in [0.15, 0.2) is 24.3 Å². The van der Waals surface area contributed by atoms with Crippen LogP contribution >= 0.6 is 11.3 Å². The zero-order valence-electron chi connectivity index (χ0n) is 17.5. The first-order chi connectivity index (χ1) is 14.6. The van der Waals surface area contributed by atoms with Gasteiger partial charge in [-0.2, -0.15) is 0 Å². The molecule has 1 N–H and O–H groups in total. The molecule has 160 valence electrons. The van der Waals surface area contributed by atoms with Crippen LogP contribution in [0.25, 0.3) is 0 Å². The van der Waals surface area contributed by atoms with Gasteiger partial charge in [-0.15, -0.1) is 11.3 Å². The maximum Gasteiger partial charge on any atom is 0.263 e. The summed E-state index contributed by atoms with van der Waals surface area (Å²) in [5.41, 5.74) is 2.05. The van der Waals surface area contributed by atoms with Crippen LogP contribution in [0.3, 0.4) is 0 Å². The minimum atomic E-state index is -0.0709. The number of methoxy groups -OCH3 is 2. The lowest BCUT2D eigenvalue weighted by atomic mass is 9.87. The van der Waals surface area contributed by atoms with Crippen LogP contribution in [-0.2, 0) is 24.2 Å². The van der Waals surface area contributed by atoms with Gasteiger partial charge < -0.3 is 19.7 Å². The van der Waals surface area contributed by atoms with Gasteiger partial charge in [0.25, 0.3) is 5.91 Å². The number of rotatable bonds is 6. The molecule has 1 aliphatic carbocycles. The number of carbonyl (C=O) groups is 2. The highest BCUT2D eigenvalue weighted by Crippen LogP contribution is 2.33. The van der Waals surface area contributed by atoms with E-state index in [-0.39, 0.29) is 17.7 Å². The number of ether oxygens (including phenoxy) is 2. The van der Waals surface area contributed by atoms with E-state index in [9.17, 15) is 9.59 Å². The smallest absolute Gasteiger partial charge is 0.263 e. The van der Waals surface area contributed by atoms with E-state index in [4.69, 9.17) is 9.47 Å². The fraction of sp³-hybridized carbons (Fsp3) is 0.478. The van der Waals surface area contributed by atoms with Gasteiger partial charge in [-0.25, -0.2) is 0 Å². The van der Waals surface area contributed by atoms with E-state index in [1.165, 1.54) is 4.88 Å². The van der Waals surface area contributed by atoms with E-state index in [0.29, 0.717) is 13.0 Å². The Bertz CT molecular complexity index is 933. The molecular weight excluding hydrogens is 400 g/mol. The number of amides is 2. The van der Waals surface area contributed by atoms with Crippen molar-refractivity contribution in [3.8, 4) is 11.5 Å². The second-order valence-corrected chi connectivity index (χ2v) is 9.03. The van der Waals surface area contributed by atoms with E-state index in [2.05, 4.69) is 5.32 Å². The SMILES string of the molecule is COc1ccc(OC)c(CNC(=O)C2CCc3sc(C(=O)N4CCCC4)cc3C2)c1. The van der Waals surface area contributed by atoms with Gasteiger partial charge in [-0.1, -0.05) is 0 Å². The molecule has 0 saturated carbocycles.